The van der Waals surface area contributed by atoms with Gasteiger partial charge in [0.15, 0.2) is 6.29 Å². The van der Waals surface area contributed by atoms with Crippen molar-refractivity contribution in [2.24, 2.45) is 22.2 Å². The molecule has 4 nitrogen and oxygen atoms in total. The molecule has 4 fully saturated rings. The molecule has 0 saturated heterocycles. The number of carbonyl (C=O) groups is 1. The zero-order chi connectivity index (χ0) is 15.5. The van der Waals surface area contributed by atoms with E-state index >= 15 is 0 Å². The van der Waals surface area contributed by atoms with E-state index in [9.17, 15) is 15.0 Å². The van der Waals surface area contributed by atoms with Crippen molar-refractivity contribution in [3.63, 3.8) is 0 Å². The molecule has 0 aromatic heterocycles. The number of methoxy groups -OCH3 is 1. The van der Waals surface area contributed by atoms with Crippen molar-refractivity contribution < 1.29 is 19.7 Å². The van der Waals surface area contributed by atoms with Crippen molar-refractivity contribution in [1.29, 1.82) is 0 Å². The molecular formula is C17H26O4. The van der Waals surface area contributed by atoms with Crippen LogP contribution < -0.4 is 0 Å². The van der Waals surface area contributed by atoms with Gasteiger partial charge in [-0.15, -0.1) is 0 Å². The van der Waals surface area contributed by atoms with Gasteiger partial charge in [0.1, 0.15) is 0 Å². The average molecular weight is 294 g/mol. The summed E-state index contributed by atoms with van der Waals surface area (Å²) < 4.78 is 4.82. The number of hydrogen-bond donors (Lipinski definition) is 2. The van der Waals surface area contributed by atoms with Crippen LogP contribution in [0, 0.1) is 22.2 Å². The lowest BCUT2D eigenvalue weighted by Crippen LogP contribution is -2.59. The minimum Gasteiger partial charge on any atom is -0.466 e. The van der Waals surface area contributed by atoms with Crippen LogP contribution in [0.15, 0.2) is 11.6 Å². The molecule has 0 aromatic rings. The molecule has 0 aliphatic heterocycles. The Morgan fingerprint density at radius 3 is 2.52 bits per heavy atom. The molecule has 2 N–H and O–H groups in total. The molecule has 0 aromatic carbocycles. The molecule has 4 heteroatoms. The Balaban J connectivity index is 1.98. The van der Waals surface area contributed by atoms with Gasteiger partial charge in [-0.3, -0.25) is 0 Å². The van der Waals surface area contributed by atoms with Crippen LogP contribution in [-0.2, 0) is 9.53 Å². The molecule has 4 rings (SSSR count). The van der Waals surface area contributed by atoms with E-state index in [0.29, 0.717) is 11.5 Å². The molecule has 0 amide bonds. The van der Waals surface area contributed by atoms with Gasteiger partial charge in [0.2, 0.25) is 0 Å². The molecule has 0 spiro atoms. The SMILES string of the molecule is COC(=O)/C(C)=C/C12CC3CC(C)(C1)CC(C(O)O)(C3)C2. The number of ether oxygens (including phenoxy) is 1. The molecule has 0 heterocycles. The van der Waals surface area contributed by atoms with Gasteiger partial charge in [-0.2, -0.15) is 0 Å². The predicted octanol–water partition coefficient (Wildman–Crippen LogP) is 2.39. The molecule has 4 unspecified atom stereocenters. The van der Waals surface area contributed by atoms with Gasteiger partial charge in [-0.1, -0.05) is 13.0 Å². The maximum absolute atomic E-state index is 11.7. The van der Waals surface area contributed by atoms with Crippen LogP contribution in [0.5, 0.6) is 0 Å². The number of rotatable bonds is 3. The van der Waals surface area contributed by atoms with Gasteiger partial charge in [-0.05, 0) is 62.2 Å². The van der Waals surface area contributed by atoms with Crippen LogP contribution in [-0.4, -0.2) is 29.6 Å². The van der Waals surface area contributed by atoms with E-state index in [0.717, 1.165) is 32.1 Å². The monoisotopic (exact) mass is 294 g/mol. The van der Waals surface area contributed by atoms with E-state index < -0.39 is 6.29 Å². The summed E-state index contributed by atoms with van der Waals surface area (Å²) in [6.45, 7) is 4.07. The van der Waals surface area contributed by atoms with Crippen LogP contribution in [0.2, 0.25) is 0 Å². The summed E-state index contributed by atoms with van der Waals surface area (Å²) in [4.78, 5) is 11.7. The highest BCUT2D eigenvalue weighted by Gasteiger charge is 2.63. The average Bonchev–Trinajstić information content (AvgIpc) is 2.33. The molecule has 118 valence electrons. The number of carbonyl (C=O) groups excluding carboxylic acids is 1. The fourth-order valence-corrected chi connectivity index (χ4v) is 6.21. The van der Waals surface area contributed by atoms with Crippen molar-refractivity contribution >= 4 is 5.97 Å². The number of esters is 1. The molecule has 4 atom stereocenters. The zero-order valence-corrected chi connectivity index (χ0v) is 13.2. The summed E-state index contributed by atoms with van der Waals surface area (Å²) in [7, 11) is 1.40. The second-order valence-corrected chi connectivity index (χ2v) is 8.24. The second kappa shape index (κ2) is 4.56. The standard InChI is InChI=1S/C17H26O4/c1-11(13(18)21-3)4-16-6-12-5-15(2,8-16)9-17(7-12,10-16)14(19)20/h4,12,14,19-20H,5-10H2,1-3H3/b11-4+. The highest BCUT2D eigenvalue weighted by atomic mass is 16.5. The molecule has 4 bridgehead atoms. The first kappa shape index (κ1) is 15.0. The Morgan fingerprint density at radius 1 is 1.24 bits per heavy atom. The van der Waals surface area contributed by atoms with E-state index in [1.54, 1.807) is 6.92 Å². The van der Waals surface area contributed by atoms with E-state index in [1.807, 2.05) is 0 Å². The number of allylic oxidation sites excluding steroid dienone is 1. The molecule has 0 radical (unpaired) electrons. The summed E-state index contributed by atoms with van der Waals surface area (Å²) in [6, 6.07) is 0. The molecule has 4 aliphatic rings. The zero-order valence-electron chi connectivity index (χ0n) is 13.2. The van der Waals surface area contributed by atoms with Crippen LogP contribution >= 0.6 is 0 Å². The third-order valence-electron chi connectivity index (χ3n) is 6.01. The lowest BCUT2D eigenvalue weighted by atomic mass is 9.39. The second-order valence-electron chi connectivity index (χ2n) is 8.24. The quantitative estimate of drug-likeness (QED) is 0.476. The largest absolute Gasteiger partial charge is 0.466 e. The number of aliphatic hydroxyl groups is 2. The highest BCUT2D eigenvalue weighted by molar-refractivity contribution is 5.87. The Bertz CT molecular complexity index is 497. The topological polar surface area (TPSA) is 66.8 Å². The van der Waals surface area contributed by atoms with Crippen LogP contribution in [0.25, 0.3) is 0 Å². The number of aliphatic hydroxyl groups excluding tert-OH is 1. The molecule has 21 heavy (non-hydrogen) atoms. The van der Waals surface area contributed by atoms with Gasteiger partial charge >= 0.3 is 5.97 Å². The fourth-order valence-electron chi connectivity index (χ4n) is 6.21. The smallest absolute Gasteiger partial charge is 0.333 e. The number of hydrogen-bond acceptors (Lipinski definition) is 4. The van der Waals surface area contributed by atoms with Crippen molar-refractivity contribution in [2.75, 3.05) is 7.11 Å². The minimum absolute atomic E-state index is 0.0733. The Morgan fingerprint density at radius 2 is 1.95 bits per heavy atom. The van der Waals surface area contributed by atoms with E-state index in [-0.39, 0.29) is 22.2 Å². The first-order valence-electron chi connectivity index (χ1n) is 7.86. The Labute approximate surface area is 126 Å². The summed E-state index contributed by atoms with van der Waals surface area (Å²) in [5, 5.41) is 20.0. The van der Waals surface area contributed by atoms with Crippen molar-refractivity contribution in [2.45, 2.75) is 58.7 Å². The maximum Gasteiger partial charge on any atom is 0.333 e. The Hall–Kier alpha value is -0.870. The summed E-state index contributed by atoms with van der Waals surface area (Å²) in [5.41, 5.74) is 0.346. The Kier molecular flexibility index (Phi) is 3.27. The van der Waals surface area contributed by atoms with E-state index in [4.69, 9.17) is 4.74 Å². The summed E-state index contributed by atoms with van der Waals surface area (Å²) in [6.07, 6.45) is 6.66. The third-order valence-corrected chi connectivity index (χ3v) is 6.01. The van der Waals surface area contributed by atoms with E-state index in [1.165, 1.54) is 13.5 Å². The summed E-state index contributed by atoms with van der Waals surface area (Å²) in [5.74, 6) is 0.254. The lowest BCUT2D eigenvalue weighted by molar-refractivity contribution is -0.235. The molecule has 4 aliphatic carbocycles. The highest BCUT2D eigenvalue weighted by Crippen LogP contribution is 2.70. The fraction of sp³-hybridized carbons (Fsp3) is 0.824. The van der Waals surface area contributed by atoms with Crippen molar-refractivity contribution in [1.82, 2.24) is 0 Å². The lowest BCUT2D eigenvalue weighted by Gasteiger charge is -2.66. The molecule has 4 saturated carbocycles. The first-order chi connectivity index (χ1) is 9.72. The molecular weight excluding hydrogens is 268 g/mol. The van der Waals surface area contributed by atoms with E-state index in [2.05, 4.69) is 13.0 Å². The van der Waals surface area contributed by atoms with Gasteiger partial charge in [0.25, 0.3) is 0 Å². The maximum atomic E-state index is 11.7. The normalized spacial score (nSPS) is 45.2. The van der Waals surface area contributed by atoms with Crippen LogP contribution in [0.1, 0.15) is 52.4 Å². The van der Waals surface area contributed by atoms with Gasteiger partial charge in [-0.25, -0.2) is 4.79 Å². The van der Waals surface area contributed by atoms with Gasteiger partial charge in [0, 0.05) is 11.0 Å². The minimum atomic E-state index is -1.26. The van der Waals surface area contributed by atoms with Crippen molar-refractivity contribution in [3.8, 4) is 0 Å². The third kappa shape index (κ3) is 2.33. The van der Waals surface area contributed by atoms with Gasteiger partial charge in [0.05, 0.1) is 7.11 Å². The van der Waals surface area contributed by atoms with Gasteiger partial charge < -0.3 is 14.9 Å². The predicted molar refractivity (Wildman–Crippen MR) is 78.2 cm³/mol. The van der Waals surface area contributed by atoms with Crippen molar-refractivity contribution in [3.05, 3.63) is 11.6 Å². The van der Waals surface area contributed by atoms with Crippen LogP contribution in [0.3, 0.4) is 0 Å². The first-order valence-corrected chi connectivity index (χ1v) is 7.86. The summed E-state index contributed by atoms with van der Waals surface area (Å²) >= 11 is 0. The van der Waals surface area contributed by atoms with Crippen LogP contribution in [0.4, 0.5) is 0 Å².